The van der Waals surface area contributed by atoms with Crippen molar-refractivity contribution in [3.63, 3.8) is 0 Å². The van der Waals surface area contributed by atoms with E-state index in [0.29, 0.717) is 6.10 Å². The highest BCUT2D eigenvalue weighted by atomic mass is 35.5. The highest BCUT2D eigenvalue weighted by molar-refractivity contribution is 7.16. The lowest BCUT2D eigenvalue weighted by Gasteiger charge is -2.15. The van der Waals surface area contributed by atoms with E-state index in [0.717, 1.165) is 10.1 Å². The van der Waals surface area contributed by atoms with E-state index in [-0.39, 0.29) is 6.04 Å². The Morgan fingerprint density at radius 3 is 2.47 bits per heavy atom. The van der Waals surface area contributed by atoms with Gasteiger partial charge in [0.2, 0.25) is 0 Å². The number of halogens is 1. The lowest BCUT2D eigenvalue weighted by Crippen LogP contribution is -2.16. The van der Waals surface area contributed by atoms with Crippen LogP contribution in [0.1, 0.15) is 29.3 Å². The van der Waals surface area contributed by atoms with Gasteiger partial charge >= 0.3 is 0 Å². The largest absolute Gasteiger partial charge is 0.490 e. The first-order chi connectivity index (χ1) is 9.26. The molecule has 19 heavy (non-hydrogen) atoms. The molecule has 1 heterocycles. The van der Waals surface area contributed by atoms with E-state index in [1.165, 1.54) is 23.3 Å². The van der Waals surface area contributed by atoms with Gasteiger partial charge in [0.25, 0.3) is 0 Å². The summed E-state index contributed by atoms with van der Waals surface area (Å²) in [6.45, 7) is 0. The highest BCUT2D eigenvalue weighted by Crippen LogP contribution is 2.32. The molecule has 1 aromatic carbocycles. The Morgan fingerprint density at radius 2 is 1.95 bits per heavy atom. The maximum absolute atomic E-state index is 6.01. The van der Waals surface area contributed by atoms with Gasteiger partial charge < -0.3 is 10.1 Å². The molecule has 4 heteroatoms. The Morgan fingerprint density at radius 1 is 1.21 bits per heavy atom. The first-order valence-corrected chi connectivity index (χ1v) is 7.65. The monoisotopic (exact) mass is 293 g/mol. The van der Waals surface area contributed by atoms with Crippen LogP contribution in [-0.2, 0) is 0 Å². The SMILES string of the molecule is CNC(c1ccc(OC2CC2)cc1)c1ccc(Cl)s1. The first-order valence-electron chi connectivity index (χ1n) is 6.45. The van der Waals surface area contributed by atoms with Crippen molar-refractivity contribution in [1.29, 1.82) is 0 Å². The van der Waals surface area contributed by atoms with Crippen LogP contribution in [0.15, 0.2) is 36.4 Å². The molecule has 0 radical (unpaired) electrons. The Kier molecular flexibility index (Phi) is 3.78. The van der Waals surface area contributed by atoms with Gasteiger partial charge in [-0.3, -0.25) is 0 Å². The Labute approximate surface area is 122 Å². The number of hydrogen-bond acceptors (Lipinski definition) is 3. The molecule has 1 fully saturated rings. The maximum atomic E-state index is 6.01. The van der Waals surface area contributed by atoms with Crippen LogP contribution in [0, 0.1) is 0 Å². The third-order valence-electron chi connectivity index (χ3n) is 3.21. The van der Waals surface area contributed by atoms with Gasteiger partial charge in [0.15, 0.2) is 0 Å². The summed E-state index contributed by atoms with van der Waals surface area (Å²) in [6.07, 6.45) is 2.82. The topological polar surface area (TPSA) is 21.3 Å². The van der Waals surface area contributed by atoms with Crippen molar-refractivity contribution < 1.29 is 4.74 Å². The van der Waals surface area contributed by atoms with E-state index in [2.05, 4.69) is 23.5 Å². The van der Waals surface area contributed by atoms with Crippen molar-refractivity contribution in [3.05, 3.63) is 51.2 Å². The van der Waals surface area contributed by atoms with E-state index in [4.69, 9.17) is 16.3 Å². The standard InChI is InChI=1S/C15H16ClNOS/c1-17-15(13-8-9-14(16)19-13)10-2-4-11(5-3-10)18-12-6-7-12/h2-5,8-9,12,15,17H,6-7H2,1H3. The predicted octanol–water partition coefficient (Wildman–Crippen LogP) is 4.25. The lowest BCUT2D eigenvalue weighted by molar-refractivity contribution is 0.303. The minimum atomic E-state index is 0.187. The molecule has 1 aromatic heterocycles. The van der Waals surface area contributed by atoms with E-state index < -0.39 is 0 Å². The second-order valence-corrected chi connectivity index (χ2v) is 6.50. The molecule has 1 N–H and O–H groups in total. The van der Waals surface area contributed by atoms with Crippen LogP contribution in [0.3, 0.4) is 0 Å². The van der Waals surface area contributed by atoms with Crippen LogP contribution in [-0.4, -0.2) is 13.2 Å². The number of ether oxygens (including phenoxy) is 1. The van der Waals surface area contributed by atoms with Crippen LogP contribution >= 0.6 is 22.9 Å². The Hall–Kier alpha value is -1.03. The smallest absolute Gasteiger partial charge is 0.119 e. The molecule has 2 aromatic rings. The van der Waals surface area contributed by atoms with Crippen molar-refractivity contribution >= 4 is 22.9 Å². The predicted molar refractivity (Wildman–Crippen MR) is 80.3 cm³/mol. The number of benzene rings is 1. The van der Waals surface area contributed by atoms with Crippen molar-refractivity contribution in [2.75, 3.05) is 7.05 Å². The molecule has 1 atom stereocenters. The van der Waals surface area contributed by atoms with Crippen molar-refractivity contribution in [3.8, 4) is 5.75 Å². The van der Waals surface area contributed by atoms with Gasteiger partial charge in [0, 0.05) is 4.88 Å². The summed E-state index contributed by atoms with van der Waals surface area (Å²) in [6, 6.07) is 12.5. The molecule has 1 aliphatic rings. The van der Waals surface area contributed by atoms with Crippen LogP contribution < -0.4 is 10.1 Å². The Bertz CT molecular complexity index is 548. The average molecular weight is 294 g/mol. The minimum Gasteiger partial charge on any atom is -0.490 e. The van der Waals surface area contributed by atoms with Gasteiger partial charge in [-0.2, -0.15) is 0 Å². The molecule has 2 nitrogen and oxygen atoms in total. The zero-order valence-corrected chi connectivity index (χ0v) is 12.3. The zero-order valence-electron chi connectivity index (χ0n) is 10.7. The van der Waals surface area contributed by atoms with E-state index in [9.17, 15) is 0 Å². The van der Waals surface area contributed by atoms with E-state index in [1.807, 2.05) is 25.2 Å². The molecular weight excluding hydrogens is 278 g/mol. The lowest BCUT2D eigenvalue weighted by atomic mass is 10.1. The summed E-state index contributed by atoms with van der Waals surface area (Å²) >= 11 is 7.62. The van der Waals surface area contributed by atoms with E-state index >= 15 is 0 Å². The second kappa shape index (κ2) is 5.53. The summed E-state index contributed by atoms with van der Waals surface area (Å²) in [7, 11) is 1.97. The average Bonchev–Trinajstić information content (AvgIpc) is 3.13. The zero-order chi connectivity index (χ0) is 13.2. The number of rotatable bonds is 5. The van der Waals surface area contributed by atoms with Crippen molar-refractivity contribution in [2.45, 2.75) is 25.0 Å². The number of thiophene rings is 1. The van der Waals surface area contributed by atoms with Crippen LogP contribution in [0.4, 0.5) is 0 Å². The summed E-state index contributed by atoms with van der Waals surface area (Å²) in [4.78, 5) is 1.23. The molecule has 1 unspecified atom stereocenters. The molecule has 100 valence electrons. The van der Waals surface area contributed by atoms with Crippen LogP contribution in [0.2, 0.25) is 4.34 Å². The number of hydrogen-bond donors (Lipinski definition) is 1. The normalized spacial score (nSPS) is 16.3. The molecule has 0 amide bonds. The fourth-order valence-corrected chi connectivity index (χ4v) is 3.27. The van der Waals surface area contributed by atoms with Gasteiger partial charge in [-0.25, -0.2) is 0 Å². The van der Waals surface area contributed by atoms with Crippen LogP contribution in [0.25, 0.3) is 0 Å². The first kappa shape index (κ1) is 13.0. The van der Waals surface area contributed by atoms with Crippen LogP contribution in [0.5, 0.6) is 5.75 Å². The third kappa shape index (κ3) is 3.11. The van der Waals surface area contributed by atoms with Gasteiger partial charge in [0.1, 0.15) is 5.75 Å². The van der Waals surface area contributed by atoms with Gasteiger partial charge in [-0.05, 0) is 49.7 Å². The van der Waals surface area contributed by atoms with Crippen molar-refractivity contribution in [2.24, 2.45) is 0 Å². The Balaban J connectivity index is 1.78. The minimum absolute atomic E-state index is 0.187. The second-order valence-electron chi connectivity index (χ2n) is 4.75. The summed E-state index contributed by atoms with van der Waals surface area (Å²) in [5, 5.41) is 3.33. The molecule has 0 bridgehead atoms. The summed E-state index contributed by atoms with van der Waals surface area (Å²) < 4.78 is 6.59. The molecular formula is C15H16ClNOS. The van der Waals surface area contributed by atoms with Gasteiger partial charge in [-0.1, -0.05) is 23.7 Å². The quantitative estimate of drug-likeness (QED) is 0.890. The molecule has 0 aliphatic heterocycles. The third-order valence-corrected chi connectivity index (χ3v) is 4.50. The number of nitrogens with one attached hydrogen (secondary N) is 1. The van der Waals surface area contributed by atoms with Gasteiger partial charge in [-0.15, -0.1) is 11.3 Å². The molecule has 0 saturated heterocycles. The molecule has 1 aliphatic carbocycles. The fourth-order valence-electron chi connectivity index (χ4n) is 2.07. The molecule has 0 spiro atoms. The van der Waals surface area contributed by atoms with Crippen molar-refractivity contribution in [1.82, 2.24) is 5.32 Å². The van der Waals surface area contributed by atoms with Gasteiger partial charge in [0.05, 0.1) is 16.5 Å². The maximum Gasteiger partial charge on any atom is 0.119 e. The fraction of sp³-hybridized carbons (Fsp3) is 0.333. The van der Waals surface area contributed by atoms with E-state index in [1.54, 1.807) is 11.3 Å². The highest BCUT2D eigenvalue weighted by Gasteiger charge is 2.23. The molecule has 3 rings (SSSR count). The molecule has 1 saturated carbocycles. The summed E-state index contributed by atoms with van der Waals surface area (Å²) in [5.74, 6) is 0.963. The summed E-state index contributed by atoms with van der Waals surface area (Å²) in [5.41, 5.74) is 1.23.